The molecule has 2 N–H and O–H groups in total. The number of aromatic nitrogens is 2. The number of hydrogen-bond acceptors (Lipinski definition) is 3. The molecule has 1 aromatic heterocycles. The molecule has 1 fully saturated rings. The molecule has 6 heteroatoms. The number of nitrogens with one attached hydrogen (secondary N) is 2. The Hall–Kier alpha value is -0.810. The average Bonchev–Trinajstić information content (AvgIpc) is 2.74. The summed E-state index contributed by atoms with van der Waals surface area (Å²) in [6.45, 7) is 2.21. The van der Waals surface area contributed by atoms with Gasteiger partial charge in [-0.25, -0.2) is 4.98 Å². The highest BCUT2D eigenvalue weighted by Gasteiger charge is 2.19. The second-order valence-electron chi connectivity index (χ2n) is 3.99. The highest BCUT2D eigenvalue weighted by Crippen LogP contribution is 2.27. The third-order valence-electron chi connectivity index (χ3n) is 2.79. The van der Waals surface area contributed by atoms with E-state index in [1.54, 1.807) is 12.1 Å². The molecular formula is C11H11Cl2N3O. The summed E-state index contributed by atoms with van der Waals surface area (Å²) in [5.74, 6) is 0.859. The molecule has 1 unspecified atom stereocenters. The Morgan fingerprint density at radius 3 is 2.88 bits per heavy atom. The lowest BCUT2D eigenvalue weighted by atomic mass is 10.2. The summed E-state index contributed by atoms with van der Waals surface area (Å²) in [5.41, 5.74) is 1.71. The van der Waals surface area contributed by atoms with E-state index in [4.69, 9.17) is 27.9 Å². The van der Waals surface area contributed by atoms with Gasteiger partial charge in [0.25, 0.3) is 0 Å². The fraction of sp³-hybridized carbons (Fsp3) is 0.364. The predicted octanol–water partition coefficient (Wildman–Crippen LogP) is 2.53. The lowest BCUT2D eigenvalue weighted by molar-refractivity contribution is 0.0746. The van der Waals surface area contributed by atoms with Crippen molar-refractivity contribution in [2.45, 2.75) is 6.04 Å². The zero-order valence-corrected chi connectivity index (χ0v) is 10.5. The molecule has 1 aromatic carbocycles. The van der Waals surface area contributed by atoms with Crippen LogP contribution in [0.2, 0.25) is 10.0 Å². The second-order valence-corrected chi connectivity index (χ2v) is 4.80. The van der Waals surface area contributed by atoms with Crippen molar-refractivity contribution >= 4 is 34.2 Å². The maximum Gasteiger partial charge on any atom is 0.126 e. The first-order chi connectivity index (χ1) is 8.24. The predicted molar refractivity (Wildman–Crippen MR) is 67.7 cm³/mol. The number of H-pyrrole nitrogens is 1. The van der Waals surface area contributed by atoms with Gasteiger partial charge in [-0.15, -0.1) is 0 Å². The van der Waals surface area contributed by atoms with Crippen molar-refractivity contribution in [1.82, 2.24) is 15.3 Å². The summed E-state index contributed by atoms with van der Waals surface area (Å²) in [6, 6.07) is 3.66. The SMILES string of the molecule is Clc1cc2nc(C3COCCN3)[nH]c2cc1Cl. The van der Waals surface area contributed by atoms with Gasteiger partial charge in [0.05, 0.1) is 40.3 Å². The normalized spacial score (nSPS) is 20.9. The van der Waals surface area contributed by atoms with Gasteiger partial charge in [-0.3, -0.25) is 0 Å². The van der Waals surface area contributed by atoms with Crippen molar-refractivity contribution in [3.63, 3.8) is 0 Å². The minimum Gasteiger partial charge on any atom is -0.378 e. The topological polar surface area (TPSA) is 49.9 Å². The van der Waals surface area contributed by atoms with Crippen molar-refractivity contribution in [2.75, 3.05) is 19.8 Å². The molecule has 0 saturated carbocycles. The molecule has 0 bridgehead atoms. The number of morpholine rings is 1. The Labute approximate surface area is 108 Å². The minimum absolute atomic E-state index is 0.105. The van der Waals surface area contributed by atoms with Crippen LogP contribution in [0, 0.1) is 0 Å². The third kappa shape index (κ3) is 2.13. The van der Waals surface area contributed by atoms with E-state index in [-0.39, 0.29) is 6.04 Å². The van der Waals surface area contributed by atoms with Gasteiger partial charge in [0, 0.05) is 6.54 Å². The largest absolute Gasteiger partial charge is 0.378 e. The summed E-state index contributed by atoms with van der Waals surface area (Å²) in [7, 11) is 0. The molecule has 0 amide bonds. The fourth-order valence-corrected chi connectivity index (χ4v) is 2.25. The Morgan fingerprint density at radius 2 is 2.12 bits per heavy atom. The molecular weight excluding hydrogens is 261 g/mol. The van der Waals surface area contributed by atoms with Crippen molar-refractivity contribution in [2.24, 2.45) is 0 Å². The zero-order valence-electron chi connectivity index (χ0n) is 8.96. The summed E-state index contributed by atoms with van der Waals surface area (Å²) in [4.78, 5) is 7.73. The molecule has 3 rings (SSSR count). The van der Waals surface area contributed by atoms with Gasteiger partial charge in [-0.05, 0) is 12.1 Å². The van der Waals surface area contributed by atoms with E-state index in [0.717, 1.165) is 30.0 Å². The van der Waals surface area contributed by atoms with Gasteiger partial charge in [0.2, 0.25) is 0 Å². The lowest BCUT2D eigenvalue weighted by Crippen LogP contribution is -2.35. The molecule has 2 aromatic rings. The molecule has 0 radical (unpaired) electrons. The molecule has 2 heterocycles. The van der Waals surface area contributed by atoms with Crippen LogP contribution in [0.4, 0.5) is 0 Å². The van der Waals surface area contributed by atoms with Crippen LogP contribution in [0.25, 0.3) is 11.0 Å². The molecule has 4 nitrogen and oxygen atoms in total. The quantitative estimate of drug-likeness (QED) is 0.838. The number of nitrogens with zero attached hydrogens (tertiary/aromatic N) is 1. The molecule has 0 spiro atoms. The number of ether oxygens (including phenoxy) is 1. The first-order valence-corrected chi connectivity index (χ1v) is 6.15. The molecule has 1 aliphatic rings. The number of benzene rings is 1. The monoisotopic (exact) mass is 271 g/mol. The van der Waals surface area contributed by atoms with Gasteiger partial charge in [0.15, 0.2) is 0 Å². The molecule has 1 atom stereocenters. The number of rotatable bonds is 1. The smallest absolute Gasteiger partial charge is 0.126 e. The lowest BCUT2D eigenvalue weighted by Gasteiger charge is -2.21. The molecule has 0 aliphatic carbocycles. The highest BCUT2D eigenvalue weighted by atomic mass is 35.5. The summed E-state index contributed by atoms with van der Waals surface area (Å²) >= 11 is 11.9. The molecule has 1 saturated heterocycles. The summed E-state index contributed by atoms with van der Waals surface area (Å²) in [6.07, 6.45) is 0. The van der Waals surface area contributed by atoms with Crippen molar-refractivity contribution in [1.29, 1.82) is 0 Å². The van der Waals surface area contributed by atoms with Gasteiger partial charge < -0.3 is 15.0 Å². The van der Waals surface area contributed by atoms with Crippen molar-refractivity contribution in [3.8, 4) is 0 Å². The van der Waals surface area contributed by atoms with Crippen LogP contribution >= 0.6 is 23.2 Å². The number of aromatic amines is 1. The van der Waals surface area contributed by atoms with E-state index in [2.05, 4.69) is 15.3 Å². The maximum atomic E-state index is 5.96. The van der Waals surface area contributed by atoms with Crippen molar-refractivity contribution < 1.29 is 4.74 Å². The van der Waals surface area contributed by atoms with E-state index in [0.29, 0.717) is 16.7 Å². The molecule has 90 valence electrons. The van der Waals surface area contributed by atoms with Crippen LogP contribution < -0.4 is 5.32 Å². The average molecular weight is 272 g/mol. The fourth-order valence-electron chi connectivity index (χ4n) is 1.93. The Bertz CT molecular complexity index is 510. The third-order valence-corrected chi connectivity index (χ3v) is 3.52. The Kier molecular flexibility index (Phi) is 2.96. The first-order valence-electron chi connectivity index (χ1n) is 5.40. The Morgan fingerprint density at radius 1 is 1.29 bits per heavy atom. The van der Waals surface area contributed by atoms with Crippen LogP contribution in [-0.2, 0) is 4.74 Å². The van der Waals surface area contributed by atoms with Gasteiger partial charge in [0.1, 0.15) is 5.82 Å². The van der Waals surface area contributed by atoms with E-state index >= 15 is 0 Å². The summed E-state index contributed by atoms with van der Waals surface area (Å²) in [5, 5.41) is 4.39. The van der Waals surface area contributed by atoms with Gasteiger partial charge in [-0.2, -0.15) is 0 Å². The number of fused-ring (bicyclic) bond motifs is 1. The van der Waals surface area contributed by atoms with Gasteiger partial charge >= 0.3 is 0 Å². The number of imidazole rings is 1. The number of halogens is 2. The zero-order chi connectivity index (χ0) is 11.8. The number of hydrogen-bond donors (Lipinski definition) is 2. The Balaban J connectivity index is 2.00. The highest BCUT2D eigenvalue weighted by molar-refractivity contribution is 6.42. The molecule has 1 aliphatic heterocycles. The van der Waals surface area contributed by atoms with Crippen molar-refractivity contribution in [3.05, 3.63) is 28.0 Å². The molecule has 17 heavy (non-hydrogen) atoms. The van der Waals surface area contributed by atoms with Gasteiger partial charge in [-0.1, -0.05) is 23.2 Å². The first kappa shape index (κ1) is 11.3. The standard InChI is InChI=1S/C11H11Cl2N3O/c12-6-3-8-9(4-7(6)13)16-11(15-8)10-5-17-2-1-14-10/h3-4,10,14H,1-2,5H2,(H,15,16). The van der Waals surface area contributed by atoms with E-state index < -0.39 is 0 Å². The van der Waals surface area contributed by atoms with E-state index in [9.17, 15) is 0 Å². The second kappa shape index (κ2) is 4.46. The maximum absolute atomic E-state index is 5.96. The van der Waals surface area contributed by atoms with E-state index in [1.807, 2.05) is 0 Å². The minimum atomic E-state index is 0.105. The van der Waals surface area contributed by atoms with Crippen LogP contribution in [0.3, 0.4) is 0 Å². The van der Waals surface area contributed by atoms with Crippen LogP contribution in [0.15, 0.2) is 12.1 Å². The van der Waals surface area contributed by atoms with Crippen LogP contribution in [0.1, 0.15) is 11.9 Å². The van der Waals surface area contributed by atoms with Crippen LogP contribution in [0.5, 0.6) is 0 Å². The van der Waals surface area contributed by atoms with Crippen LogP contribution in [-0.4, -0.2) is 29.7 Å². The summed E-state index contributed by atoms with van der Waals surface area (Å²) < 4.78 is 5.41. The van der Waals surface area contributed by atoms with E-state index in [1.165, 1.54) is 0 Å².